The molecule has 0 amide bonds. The largest absolute Gasteiger partial charge is 0.507 e. The van der Waals surface area contributed by atoms with Gasteiger partial charge in [0, 0.05) is 27.7 Å². The Morgan fingerprint density at radius 1 is 1.04 bits per heavy atom. The number of hydrogen-bond donors (Lipinski definition) is 1. The summed E-state index contributed by atoms with van der Waals surface area (Å²) in [7, 11) is 0. The third-order valence-corrected chi connectivity index (χ3v) is 4.81. The summed E-state index contributed by atoms with van der Waals surface area (Å²) < 4.78 is 7.23. The van der Waals surface area contributed by atoms with Gasteiger partial charge < -0.3 is 14.4 Å². The number of ketones is 1. The Hall–Kier alpha value is -3.05. The van der Waals surface area contributed by atoms with Crippen LogP contribution >= 0.6 is 11.6 Å². The zero-order valence-corrected chi connectivity index (χ0v) is 16.5. The molecule has 0 saturated carbocycles. The molecule has 1 aromatic heterocycles. The smallest absolute Gasteiger partial charge is 0.342 e. The molecule has 0 unspecified atom stereocenters. The monoisotopic (exact) mass is 397 g/mol. The summed E-state index contributed by atoms with van der Waals surface area (Å²) in [6, 6.07) is 15.1. The van der Waals surface area contributed by atoms with E-state index in [9.17, 15) is 14.7 Å². The van der Waals surface area contributed by atoms with Crippen molar-refractivity contribution >= 4 is 23.4 Å². The van der Waals surface area contributed by atoms with E-state index < -0.39 is 12.1 Å². The summed E-state index contributed by atoms with van der Waals surface area (Å²) in [6.45, 7) is 5.26. The molecule has 3 aromatic rings. The topological polar surface area (TPSA) is 68.5 Å². The molecule has 2 aromatic carbocycles. The third-order valence-electron chi connectivity index (χ3n) is 4.56. The molecule has 144 valence electrons. The number of Topliss-reactive ketones (excluding diaryl/α,β-unsaturated/α-hetero) is 1. The molecular formula is C22H20ClNO4. The van der Waals surface area contributed by atoms with Crippen molar-refractivity contribution in [2.45, 2.75) is 26.9 Å². The first-order valence-electron chi connectivity index (χ1n) is 8.77. The Labute approximate surface area is 168 Å². The molecule has 6 heteroatoms. The van der Waals surface area contributed by atoms with Crippen LogP contribution in [0, 0.1) is 13.8 Å². The standard InChI is InChI=1S/C22H20ClNO4/c1-13-12-19(14(2)24(13)17-10-8-16(23)9-11-17)21(26)15(3)28-22(27)18-6-4-5-7-20(18)25/h4-12,15,25H,1-3H3/t15-/m0/s1. The number of halogens is 1. The average Bonchev–Trinajstić information content (AvgIpc) is 2.96. The third kappa shape index (κ3) is 3.80. The molecule has 0 saturated heterocycles. The number of ether oxygens (including phenoxy) is 1. The van der Waals surface area contributed by atoms with Gasteiger partial charge in [0.05, 0.1) is 0 Å². The number of aromatic hydroxyl groups is 1. The minimum atomic E-state index is -0.994. The van der Waals surface area contributed by atoms with Gasteiger partial charge in [-0.2, -0.15) is 0 Å². The van der Waals surface area contributed by atoms with E-state index in [0.29, 0.717) is 10.6 Å². The van der Waals surface area contributed by atoms with E-state index in [2.05, 4.69) is 0 Å². The number of benzene rings is 2. The van der Waals surface area contributed by atoms with E-state index in [1.54, 1.807) is 30.3 Å². The van der Waals surface area contributed by atoms with Crippen LogP contribution in [0.3, 0.4) is 0 Å². The number of para-hydroxylation sites is 1. The van der Waals surface area contributed by atoms with E-state index in [1.807, 2.05) is 30.5 Å². The van der Waals surface area contributed by atoms with E-state index in [4.69, 9.17) is 16.3 Å². The molecule has 0 spiro atoms. The van der Waals surface area contributed by atoms with Gasteiger partial charge in [0.2, 0.25) is 5.78 Å². The fourth-order valence-electron chi connectivity index (χ4n) is 3.14. The molecule has 5 nitrogen and oxygen atoms in total. The second kappa shape index (κ2) is 7.90. The van der Waals surface area contributed by atoms with Crippen molar-refractivity contribution in [3.05, 3.63) is 82.1 Å². The number of phenols is 1. The van der Waals surface area contributed by atoms with Gasteiger partial charge in [-0.3, -0.25) is 4.79 Å². The number of aromatic nitrogens is 1. The van der Waals surface area contributed by atoms with Crippen molar-refractivity contribution in [2.75, 3.05) is 0 Å². The average molecular weight is 398 g/mol. The van der Waals surface area contributed by atoms with Gasteiger partial charge >= 0.3 is 5.97 Å². The highest BCUT2D eigenvalue weighted by Gasteiger charge is 2.25. The second-order valence-corrected chi connectivity index (χ2v) is 6.96. The summed E-state index contributed by atoms with van der Waals surface area (Å²) in [4.78, 5) is 25.2. The highest BCUT2D eigenvalue weighted by Crippen LogP contribution is 2.24. The van der Waals surface area contributed by atoms with Crippen LogP contribution in [0.2, 0.25) is 5.02 Å². The number of hydrogen-bond acceptors (Lipinski definition) is 4. The van der Waals surface area contributed by atoms with Gasteiger partial charge in [-0.1, -0.05) is 23.7 Å². The van der Waals surface area contributed by atoms with Gasteiger partial charge in [-0.15, -0.1) is 0 Å². The van der Waals surface area contributed by atoms with E-state index >= 15 is 0 Å². The fourth-order valence-corrected chi connectivity index (χ4v) is 3.27. The Kier molecular flexibility index (Phi) is 5.56. The maximum Gasteiger partial charge on any atom is 0.342 e. The zero-order chi connectivity index (χ0) is 20.4. The van der Waals surface area contributed by atoms with Crippen molar-refractivity contribution in [3.8, 4) is 11.4 Å². The molecule has 0 aliphatic carbocycles. The predicted molar refractivity (Wildman–Crippen MR) is 108 cm³/mol. The molecule has 1 atom stereocenters. The lowest BCUT2D eigenvalue weighted by Crippen LogP contribution is -2.25. The maximum atomic E-state index is 12.9. The highest BCUT2D eigenvalue weighted by molar-refractivity contribution is 6.30. The van der Waals surface area contributed by atoms with Crippen LogP contribution in [-0.2, 0) is 4.74 Å². The summed E-state index contributed by atoms with van der Waals surface area (Å²) >= 11 is 5.96. The number of aryl methyl sites for hydroxylation is 1. The fraction of sp³-hybridized carbons (Fsp3) is 0.182. The van der Waals surface area contributed by atoms with Crippen molar-refractivity contribution in [2.24, 2.45) is 0 Å². The van der Waals surface area contributed by atoms with Gasteiger partial charge in [0.25, 0.3) is 0 Å². The van der Waals surface area contributed by atoms with Crippen molar-refractivity contribution in [1.82, 2.24) is 4.57 Å². The van der Waals surface area contributed by atoms with Crippen molar-refractivity contribution in [1.29, 1.82) is 0 Å². The minimum absolute atomic E-state index is 0.0220. The quantitative estimate of drug-likeness (QED) is 0.492. The SMILES string of the molecule is Cc1cc(C(=O)[C@H](C)OC(=O)c2ccccc2O)c(C)n1-c1ccc(Cl)cc1. The molecule has 1 heterocycles. The number of phenolic OH excluding ortho intramolecular Hbond substituents is 1. The van der Waals surface area contributed by atoms with Gasteiger partial charge in [-0.05, 0) is 63.2 Å². The summed E-state index contributed by atoms with van der Waals surface area (Å²) in [5, 5.41) is 10.4. The number of rotatable bonds is 5. The first-order chi connectivity index (χ1) is 13.3. The number of carbonyl (C=O) groups is 2. The van der Waals surface area contributed by atoms with Crippen LogP contribution < -0.4 is 0 Å². The van der Waals surface area contributed by atoms with E-state index in [-0.39, 0.29) is 17.1 Å². The highest BCUT2D eigenvalue weighted by atomic mass is 35.5. The first-order valence-corrected chi connectivity index (χ1v) is 9.15. The summed E-state index contributed by atoms with van der Waals surface area (Å²) in [5.74, 6) is -1.24. The van der Waals surface area contributed by atoms with Crippen molar-refractivity contribution in [3.63, 3.8) is 0 Å². The Balaban J connectivity index is 1.84. The second-order valence-electron chi connectivity index (χ2n) is 6.53. The minimum Gasteiger partial charge on any atom is -0.507 e. The van der Waals surface area contributed by atoms with E-state index in [1.165, 1.54) is 19.1 Å². The van der Waals surface area contributed by atoms with Crippen molar-refractivity contribution < 1.29 is 19.4 Å². The lowest BCUT2D eigenvalue weighted by atomic mass is 10.1. The van der Waals surface area contributed by atoms with Gasteiger partial charge in [0.1, 0.15) is 11.3 Å². The summed E-state index contributed by atoms with van der Waals surface area (Å²) in [5.41, 5.74) is 3.01. The van der Waals surface area contributed by atoms with Gasteiger partial charge in [-0.25, -0.2) is 4.79 Å². The molecule has 3 rings (SSSR count). The molecule has 0 bridgehead atoms. The molecular weight excluding hydrogens is 378 g/mol. The predicted octanol–water partition coefficient (Wildman–Crippen LogP) is 4.88. The normalized spacial score (nSPS) is 11.9. The van der Waals surface area contributed by atoms with Crippen LogP contribution in [0.25, 0.3) is 5.69 Å². The molecule has 0 aliphatic rings. The number of esters is 1. The van der Waals surface area contributed by atoms with Crippen LogP contribution in [0.5, 0.6) is 5.75 Å². The lowest BCUT2D eigenvalue weighted by molar-refractivity contribution is 0.0316. The lowest BCUT2D eigenvalue weighted by Gasteiger charge is -2.14. The van der Waals surface area contributed by atoms with Crippen LogP contribution in [0.1, 0.15) is 39.0 Å². The Bertz CT molecular complexity index is 1040. The Morgan fingerprint density at radius 2 is 1.68 bits per heavy atom. The van der Waals surface area contributed by atoms with Crippen LogP contribution in [0.4, 0.5) is 0 Å². The van der Waals surface area contributed by atoms with Crippen LogP contribution in [-0.4, -0.2) is 27.5 Å². The summed E-state index contributed by atoms with van der Waals surface area (Å²) in [6.07, 6.45) is -0.994. The van der Waals surface area contributed by atoms with Crippen LogP contribution in [0.15, 0.2) is 54.6 Å². The van der Waals surface area contributed by atoms with Gasteiger partial charge in [0.15, 0.2) is 6.10 Å². The first kappa shape index (κ1) is 19.7. The molecule has 28 heavy (non-hydrogen) atoms. The maximum absolute atomic E-state index is 12.9. The molecule has 0 radical (unpaired) electrons. The zero-order valence-electron chi connectivity index (χ0n) is 15.8. The number of nitrogens with zero attached hydrogens (tertiary/aromatic N) is 1. The Morgan fingerprint density at radius 3 is 2.32 bits per heavy atom. The molecule has 0 fully saturated rings. The number of carbonyl (C=O) groups excluding carboxylic acids is 2. The molecule has 1 N–H and O–H groups in total. The van der Waals surface area contributed by atoms with E-state index in [0.717, 1.165) is 17.1 Å². The molecule has 0 aliphatic heterocycles.